The largest absolute Gasteiger partial charge is 0.481 e. The molecule has 26 heteroatoms. The van der Waals surface area contributed by atoms with Crippen molar-refractivity contribution in [3.63, 3.8) is 0 Å². The van der Waals surface area contributed by atoms with E-state index < -0.39 is 92.4 Å². The van der Waals surface area contributed by atoms with Crippen molar-refractivity contribution in [2.45, 2.75) is 70.4 Å². The third-order valence-electron chi connectivity index (χ3n) is 7.83. The van der Waals surface area contributed by atoms with Crippen LogP contribution in [0.4, 0.5) is 5.82 Å². The molecule has 6 N–H and O–H groups in total. The van der Waals surface area contributed by atoms with Crippen LogP contribution in [-0.4, -0.2) is 138 Å². The van der Waals surface area contributed by atoms with Gasteiger partial charge in [0.25, 0.3) is 20.2 Å². The molecule has 0 spiro atoms. The molecule has 1 atom stereocenters. The van der Waals surface area contributed by atoms with Gasteiger partial charge < -0.3 is 39.2 Å². The van der Waals surface area contributed by atoms with Crippen LogP contribution in [0.15, 0.2) is 58.8 Å². The number of ether oxygens (including phenoxy) is 3. The zero-order valence-corrected chi connectivity index (χ0v) is 38.8. The van der Waals surface area contributed by atoms with Gasteiger partial charge in [-0.25, -0.2) is 15.0 Å². The van der Waals surface area contributed by atoms with Crippen LogP contribution in [0.3, 0.4) is 0 Å². The summed E-state index contributed by atoms with van der Waals surface area (Å²) >= 11 is 0. The predicted octanol–water partition coefficient (Wildman–Crippen LogP) is 3.56. The molecule has 0 saturated carbocycles. The fraction of sp³-hybridized carbons (Fsp3) is 0.514. The summed E-state index contributed by atoms with van der Waals surface area (Å²) in [6.07, 6.45) is 1.47. The first-order valence-corrected chi connectivity index (χ1v) is 23.2. The number of fused-ring (bicyclic) bond motifs is 2. The molecular weight excluding hydrogens is 896 g/mol. The van der Waals surface area contributed by atoms with Crippen LogP contribution in [0.5, 0.6) is 0 Å². The standard InChI is InChI=1S/C20H32N5O8P.C10H8O6S2.C7H15NO3/c1-19(2,3)17(26)30-11-32-34(28,33-12-31-18(27)20(4,5)6)13-29-8-7-25-10-24-14-15(21)22-9-23-16(14)25;11-17(12,13)9-5-1-3-7-8(9)4-2-6-10(7)18(14,15)16;1-8(2,3)5-6(9)4-7(10)11/h9-10H,7-8,11-13H2,1-6H3,(H2,21,22,23);1-6H,(H,11,12,13)(H,14,15,16);6,9H,4-5H2,1-3H3/p+1/t;;6-/m..1/s1. The maximum Gasteiger partial charge on any atom is 0.361 e. The second-order valence-corrected chi connectivity index (χ2v) is 21.4. The highest BCUT2D eigenvalue weighted by atomic mass is 32.2. The second kappa shape index (κ2) is 22.3. The molecule has 0 amide bonds. The van der Waals surface area contributed by atoms with Gasteiger partial charge in [0.1, 0.15) is 40.6 Å². The molecule has 4 rings (SSSR count). The average Bonchev–Trinajstić information content (AvgIpc) is 3.55. The first kappa shape index (κ1) is 54.4. The Morgan fingerprint density at radius 3 is 1.71 bits per heavy atom. The van der Waals surface area contributed by atoms with Crippen molar-refractivity contribution >= 4 is 73.5 Å². The fourth-order valence-electron chi connectivity index (χ4n) is 4.87. The SMILES string of the molecule is CC(C)(C)C(=O)OCOP(=O)(COCCn1cnc2c(N)ncnc21)OCOC(=O)C(C)(C)C.C[N+](C)(C)C[C@H](O)CC(=O)O.O=S(=O)(O)c1cccc2c(S(=O)(=O)O)cccc12. The molecule has 63 heavy (non-hydrogen) atoms. The van der Waals surface area contributed by atoms with E-state index in [1.165, 1.54) is 36.9 Å². The first-order valence-electron chi connectivity index (χ1n) is 18.6. The van der Waals surface area contributed by atoms with Gasteiger partial charge in [-0.3, -0.25) is 37.1 Å². The highest BCUT2D eigenvalue weighted by molar-refractivity contribution is 7.86. The van der Waals surface area contributed by atoms with Crippen LogP contribution >= 0.6 is 7.60 Å². The number of nitrogens with two attached hydrogens (primary N) is 1. The number of carbonyl (C=O) groups is 3. The van der Waals surface area contributed by atoms with Crippen LogP contribution in [0.2, 0.25) is 0 Å². The Morgan fingerprint density at radius 1 is 0.825 bits per heavy atom. The molecule has 0 bridgehead atoms. The highest BCUT2D eigenvalue weighted by Crippen LogP contribution is 2.48. The van der Waals surface area contributed by atoms with Gasteiger partial charge >= 0.3 is 25.5 Å². The Kier molecular flexibility index (Phi) is 19.3. The van der Waals surface area contributed by atoms with Gasteiger partial charge in [0.2, 0.25) is 13.6 Å². The summed E-state index contributed by atoms with van der Waals surface area (Å²) in [5, 5.41) is 17.5. The number of esters is 2. The number of anilines is 1. The van der Waals surface area contributed by atoms with Gasteiger partial charge in [-0.2, -0.15) is 16.8 Å². The number of quaternary nitrogens is 1. The maximum atomic E-state index is 13.1. The van der Waals surface area contributed by atoms with E-state index in [4.69, 9.17) is 48.3 Å². The number of imidazole rings is 1. The molecule has 0 fully saturated rings. The van der Waals surface area contributed by atoms with Crippen LogP contribution in [0.25, 0.3) is 21.9 Å². The number of carboxylic acid groups (broad SMARTS) is 1. The summed E-state index contributed by atoms with van der Waals surface area (Å²) in [5.74, 6) is -1.80. The van der Waals surface area contributed by atoms with Crippen molar-refractivity contribution in [3.8, 4) is 0 Å². The number of carbonyl (C=O) groups excluding carboxylic acids is 2. The molecule has 23 nitrogen and oxygen atoms in total. The van der Waals surface area contributed by atoms with Crippen molar-refractivity contribution in [3.05, 3.63) is 49.1 Å². The van der Waals surface area contributed by atoms with Gasteiger partial charge in [0, 0.05) is 17.3 Å². The lowest BCUT2D eigenvalue weighted by Crippen LogP contribution is -2.42. The number of aliphatic hydroxyl groups is 1. The lowest BCUT2D eigenvalue weighted by Gasteiger charge is -2.25. The smallest absolute Gasteiger partial charge is 0.361 e. The Hall–Kier alpha value is -4.69. The van der Waals surface area contributed by atoms with Gasteiger partial charge in [-0.15, -0.1) is 0 Å². The number of rotatable bonds is 17. The van der Waals surface area contributed by atoms with E-state index >= 15 is 0 Å². The van der Waals surface area contributed by atoms with E-state index in [9.17, 15) is 35.8 Å². The summed E-state index contributed by atoms with van der Waals surface area (Å²) in [6, 6.07) is 7.53. The zero-order chi connectivity index (χ0) is 48.2. The summed E-state index contributed by atoms with van der Waals surface area (Å²) in [6.45, 7) is 9.62. The molecule has 352 valence electrons. The molecule has 0 aliphatic carbocycles. The van der Waals surface area contributed by atoms with Crippen molar-refractivity contribution < 1.29 is 82.8 Å². The molecule has 2 heterocycles. The van der Waals surface area contributed by atoms with E-state index in [0.717, 1.165) is 12.1 Å². The summed E-state index contributed by atoms with van der Waals surface area (Å²) in [4.78, 5) is 45.3. The number of aliphatic carboxylic acids is 1. The number of aromatic nitrogens is 4. The van der Waals surface area contributed by atoms with E-state index in [-0.39, 0.29) is 29.6 Å². The van der Waals surface area contributed by atoms with E-state index in [1.807, 2.05) is 21.1 Å². The van der Waals surface area contributed by atoms with Crippen LogP contribution in [0.1, 0.15) is 48.0 Å². The molecule has 0 aliphatic heterocycles. The number of hydrogen-bond donors (Lipinski definition) is 5. The van der Waals surface area contributed by atoms with Gasteiger partial charge in [-0.05, 0) is 53.7 Å². The highest BCUT2D eigenvalue weighted by Gasteiger charge is 2.30. The monoisotopic (exact) mass is 951 g/mol. The number of likely N-dealkylation sites (N-methyl/N-ethyl adjacent to an activating group) is 1. The normalized spacial score (nSPS) is 13.0. The number of nitrogen functional groups attached to an aromatic ring is 1. The summed E-state index contributed by atoms with van der Waals surface area (Å²) in [5.41, 5.74) is 5.21. The van der Waals surface area contributed by atoms with Crippen molar-refractivity contribution in [2.24, 2.45) is 10.8 Å². The molecule has 0 unspecified atom stereocenters. The molecule has 4 aromatic rings. The number of hydrogen-bond acceptors (Lipinski definition) is 18. The third-order valence-corrected chi connectivity index (χ3v) is 11.1. The molecule has 2 aromatic carbocycles. The number of nitrogens with zero attached hydrogens (tertiary/aromatic N) is 5. The second-order valence-electron chi connectivity index (χ2n) is 16.7. The minimum absolute atomic E-state index is 0.0233. The van der Waals surface area contributed by atoms with E-state index in [1.54, 1.807) is 46.1 Å². The van der Waals surface area contributed by atoms with Gasteiger partial charge in [0.05, 0.1) is 51.3 Å². The lowest BCUT2D eigenvalue weighted by atomic mass is 9.98. The molecule has 2 aromatic heterocycles. The van der Waals surface area contributed by atoms with Gasteiger partial charge in [-0.1, -0.05) is 24.3 Å². The Morgan fingerprint density at radius 2 is 1.30 bits per heavy atom. The molecule has 0 radical (unpaired) electrons. The van der Waals surface area contributed by atoms with Crippen LogP contribution < -0.4 is 5.73 Å². The minimum atomic E-state index is -4.47. The van der Waals surface area contributed by atoms with Gasteiger partial charge in [0.15, 0.2) is 11.5 Å². The Labute approximate surface area is 365 Å². The van der Waals surface area contributed by atoms with E-state index in [0.29, 0.717) is 28.7 Å². The number of carboxylic acids is 1. The first-order chi connectivity index (χ1) is 28.7. The Balaban J connectivity index is 0.000000389. The van der Waals surface area contributed by atoms with E-state index in [2.05, 4.69) is 15.0 Å². The van der Waals surface area contributed by atoms with Crippen molar-refractivity contribution in [2.75, 3.05) is 60.0 Å². The molecule has 0 aliphatic rings. The predicted molar refractivity (Wildman–Crippen MR) is 226 cm³/mol. The van der Waals surface area contributed by atoms with Crippen LogP contribution in [-0.2, 0) is 69.0 Å². The third kappa shape index (κ3) is 18.5. The molecule has 0 saturated heterocycles. The van der Waals surface area contributed by atoms with Crippen molar-refractivity contribution in [1.29, 1.82) is 0 Å². The average molecular weight is 952 g/mol. The zero-order valence-electron chi connectivity index (χ0n) is 36.3. The Bertz CT molecular complexity index is 2370. The maximum absolute atomic E-state index is 13.1. The number of benzene rings is 2. The van der Waals surface area contributed by atoms with Crippen molar-refractivity contribution in [1.82, 2.24) is 19.5 Å². The number of aliphatic hydroxyl groups excluding tert-OH is 1. The van der Waals surface area contributed by atoms with Crippen LogP contribution in [0, 0.1) is 10.8 Å². The summed E-state index contributed by atoms with van der Waals surface area (Å²) < 4.78 is 104. The summed E-state index contributed by atoms with van der Waals surface area (Å²) in [7, 11) is -7.16. The minimum Gasteiger partial charge on any atom is -0.481 e. The fourth-order valence-corrected chi connectivity index (χ4v) is 7.28. The quantitative estimate of drug-likeness (QED) is 0.0252. The topological polar surface area (TPSA) is 333 Å². The molecular formula is C37H56N6O17PS2+. The lowest BCUT2D eigenvalue weighted by molar-refractivity contribution is -0.873.